The van der Waals surface area contributed by atoms with Crippen molar-refractivity contribution in [3.8, 4) is 11.5 Å². The number of aliphatic hydroxyl groups excluding tert-OH is 1. The lowest BCUT2D eigenvalue weighted by atomic mass is 9.95. The van der Waals surface area contributed by atoms with Crippen molar-refractivity contribution in [1.29, 1.82) is 0 Å². The first-order valence-electron chi connectivity index (χ1n) is 12.5. The number of hydrogen-bond donors (Lipinski definition) is 2. The summed E-state index contributed by atoms with van der Waals surface area (Å²) in [4.78, 5) is 35.9. The van der Waals surface area contributed by atoms with Crippen LogP contribution < -0.4 is 14.4 Å². The Balaban J connectivity index is 1.63. The van der Waals surface area contributed by atoms with E-state index in [9.17, 15) is 14.7 Å². The molecule has 2 N–H and O–H groups in total. The van der Waals surface area contributed by atoms with Gasteiger partial charge in [-0.05, 0) is 81.8 Å². The van der Waals surface area contributed by atoms with Crippen LogP contribution in [0.4, 0.5) is 5.95 Å². The van der Waals surface area contributed by atoms with Crippen molar-refractivity contribution in [2.45, 2.75) is 45.9 Å². The molecule has 0 saturated carbocycles. The number of rotatable bonds is 7. The Kier molecular flexibility index (Phi) is 6.63. The molecular weight excluding hydrogens is 482 g/mol. The van der Waals surface area contributed by atoms with Gasteiger partial charge in [0.25, 0.3) is 5.78 Å². The van der Waals surface area contributed by atoms with Gasteiger partial charge >= 0.3 is 5.91 Å². The fourth-order valence-electron chi connectivity index (χ4n) is 4.54. The zero-order chi connectivity index (χ0) is 27.0. The summed E-state index contributed by atoms with van der Waals surface area (Å²) < 4.78 is 11.5. The number of anilines is 1. The number of aromatic nitrogens is 2. The van der Waals surface area contributed by atoms with Crippen LogP contribution in [-0.2, 0) is 9.59 Å². The Morgan fingerprint density at radius 1 is 0.868 bits per heavy atom. The number of carbonyl (C=O) groups excluding carboxylic acids is 2. The van der Waals surface area contributed by atoms with Crippen molar-refractivity contribution < 1.29 is 24.2 Å². The van der Waals surface area contributed by atoms with Gasteiger partial charge in [0.15, 0.2) is 0 Å². The number of Topliss-reactive ketones (excluding diaryl/α,β-unsaturated/α-hetero) is 1. The molecule has 1 fully saturated rings. The molecule has 8 heteroatoms. The zero-order valence-corrected chi connectivity index (χ0v) is 21.6. The third kappa shape index (κ3) is 4.72. The van der Waals surface area contributed by atoms with Crippen molar-refractivity contribution >= 4 is 34.4 Å². The van der Waals surface area contributed by atoms with Crippen LogP contribution in [0.1, 0.15) is 44.9 Å². The van der Waals surface area contributed by atoms with Crippen LogP contribution in [0, 0.1) is 0 Å². The highest BCUT2D eigenvalue weighted by molar-refractivity contribution is 6.51. The van der Waals surface area contributed by atoms with E-state index in [1.165, 1.54) is 4.90 Å². The van der Waals surface area contributed by atoms with Crippen LogP contribution in [0.25, 0.3) is 16.8 Å². The first-order chi connectivity index (χ1) is 18.2. The van der Waals surface area contributed by atoms with Crippen molar-refractivity contribution in [3.05, 3.63) is 89.5 Å². The van der Waals surface area contributed by atoms with Crippen LogP contribution in [-0.4, -0.2) is 39.0 Å². The number of nitrogens with zero attached hydrogens (tertiary/aromatic N) is 2. The van der Waals surface area contributed by atoms with Gasteiger partial charge in [0, 0.05) is 5.56 Å². The van der Waals surface area contributed by atoms with Crippen molar-refractivity contribution in [3.63, 3.8) is 0 Å². The molecule has 0 spiro atoms. The highest BCUT2D eigenvalue weighted by atomic mass is 16.5. The summed E-state index contributed by atoms with van der Waals surface area (Å²) in [6.07, 6.45) is -0.0177. The largest absolute Gasteiger partial charge is 0.507 e. The molecule has 0 aliphatic carbocycles. The summed E-state index contributed by atoms with van der Waals surface area (Å²) in [5.41, 5.74) is 2.38. The fraction of sp³-hybridized carbons (Fsp3) is 0.233. The Hall–Kier alpha value is -4.59. The second kappa shape index (κ2) is 10.0. The van der Waals surface area contributed by atoms with Gasteiger partial charge in [-0.15, -0.1) is 0 Å². The molecule has 1 aromatic heterocycles. The van der Waals surface area contributed by atoms with Gasteiger partial charge in [-0.2, -0.15) is 0 Å². The summed E-state index contributed by atoms with van der Waals surface area (Å²) in [6, 6.07) is 20.4. The second-order valence-electron chi connectivity index (χ2n) is 9.67. The van der Waals surface area contributed by atoms with E-state index in [4.69, 9.17) is 9.47 Å². The standard InChI is InChI=1S/C30H29N3O5/c1-17(2)37-21-13-9-19(10-14-21)26-25(27(34)20-11-15-22(16-12-20)38-18(3)4)28(35)29(36)33(26)30-31-23-7-5-6-8-24(23)32-30/h5-18,26,34H,1-4H3,(H,31,32)/b27-25+. The van der Waals surface area contributed by atoms with Gasteiger partial charge in [0.05, 0.1) is 34.9 Å². The number of H-pyrrole nitrogens is 1. The predicted molar refractivity (Wildman–Crippen MR) is 145 cm³/mol. The third-order valence-electron chi connectivity index (χ3n) is 6.12. The van der Waals surface area contributed by atoms with Crippen molar-refractivity contribution in [1.82, 2.24) is 9.97 Å². The maximum absolute atomic E-state index is 13.4. The van der Waals surface area contributed by atoms with E-state index in [1.54, 1.807) is 48.5 Å². The monoisotopic (exact) mass is 511 g/mol. The number of nitrogens with one attached hydrogen (secondary N) is 1. The number of ketones is 1. The molecule has 0 radical (unpaired) electrons. The molecule has 3 aromatic carbocycles. The smallest absolute Gasteiger partial charge is 0.302 e. The molecule has 1 aliphatic rings. The Morgan fingerprint density at radius 2 is 1.45 bits per heavy atom. The highest BCUT2D eigenvalue weighted by Gasteiger charge is 2.48. The number of para-hydroxylation sites is 2. The summed E-state index contributed by atoms with van der Waals surface area (Å²) in [7, 11) is 0. The topological polar surface area (TPSA) is 105 Å². The molecule has 1 unspecified atom stereocenters. The second-order valence-corrected chi connectivity index (χ2v) is 9.67. The molecule has 1 saturated heterocycles. The average Bonchev–Trinajstić information content (AvgIpc) is 3.42. The Bertz CT molecular complexity index is 1480. The maximum Gasteiger partial charge on any atom is 0.302 e. The maximum atomic E-state index is 13.4. The molecule has 194 valence electrons. The van der Waals surface area contributed by atoms with E-state index in [-0.39, 0.29) is 29.5 Å². The van der Waals surface area contributed by atoms with Crippen molar-refractivity contribution in [2.24, 2.45) is 0 Å². The Labute approximate surface area is 220 Å². The number of hydrogen-bond acceptors (Lipinski definition) is 6. The summed E-state index contributed by atoms with van der Waals surface area (Å²) >= 11 is 0. The first kappa shape index (κ1) is 25.1. The third-order valence-corrected chi connectivity index (χ3v) is 6.12. The van der Waals surface area contributed by atoms with E-state index in [2.05, 4.69) is 9.97 Å². The number of imidazole rings is 1. The molecule has 1 aliphatic heterocycles. The summed E-state index contributed by atoms with van der Waals surface area (Å²) in [6.45, 7) is 7.71. The van der Waals surface area contributed by atoms with Gasteiger partial charge in [0.1, 0.15) is 17.3 Å². The van der Waals surface area contributed by atoms with E-state index in [1.807, 2.05) is 52.0 Å². The molecule has 5 rings (SSSR count). The lowest BCUT2D eigenvalue weighted by Crippen LogP contribution is -2.30. The molecule has 0 bridgehead atoms. The van der Waals surface area contributed by atoms with Gasteiger partial charge in [-0.25, -0.2) is 4.98 Å². The van der Waals surface area contributed by atoms with Gasteiger partial charge in [-0.1, -0.05) is 24.3 Å². The van der Waals surface area contributed by atoms with Crippen LogP contribution in [0.5, 0.6) is 11.5 Å². The molecule has 8 nitrogen and oxygen atoms in total. The van der Waals surface area contributed by atoms with Crippen LogP contribution in [0.15, 0.2) is 78.4 Å². The number of ether oxygens (including phenoxy) is 2. The Morgan fingerprint density at radius 3 is 2.03 bits per heavy atom. The predicted octanol–water partition coefficient (Wildman–Crippen LogP) is 5.76. The van der Waals surface area contributed by atoms with E-state index >= 15 is 0 Å². The van der Waals surface area contributed by atoms with E-state index in [0.717, 1.165) is 5.52 Å². The molecular formula is C30H29N3O5. The van der Waals surface area contributed by atoms with Crippen molar-refractivity contribution in [2.75, 3.05) is 4.90 Å². The lowest BCUT2D eigenvalue weighted by Gasteiger charge is -2.23. The quantitative estimate of drug-likeness (QED) is 0.186. The molecule has 38 heavy (non-hydrogen) atoms. The fourth-order valence-corrected chi connectivity index (χ4v) is 4.54. The molecule has 4 aromatic rings. The summed E-state index contributed by atoms with van der Waals surface area (Å²) in [5, 5.41) is 11.4. The van der Waals surface area contributed by atoms with Gasteiger partial charge in [-0.3, -0.25) is 14.5 Å². The SMILES string of the molecule is CC(C)Oc1ccc(/C(O)=C2\C(=O)C(=O)N(c3nc4ccccc4[nH]3)C2c2ccc(OC(C)C)cc2)cc1. The van der Waals surface area contributed by atoms with E-state index in [0.29, 0.717) is 28.1 Å². The minimum absolute atomic E-state index is 0.00812. The normalized spacial score (nSPS) is 17.1. The molecule has 2 heterocycles. The first-order valence-corrected chi connectivity index (χ1v) is 12.5. The van der Waals surface area contributed by atoms with Crippen LogP contribution >= 0.6 is 0 Å². The number of aromatic amines is 1. The summed E-state index contributed by atoms with van der Waals surface area (Å²) in [5.74, 6) is -0.330. The van der Waals surface area contributed by atoms with Crippen LogP contribution in [0.2, 0.25) is 0 Å². The number of amides is 1. The minimum Gasteiger partial charge on any atom is -0.507 e. The average molecular weight is 512 g/mol. The minimum atomic E-state index is -0.907. The number of benzene rings is 3. The number of fused-ring (bicyclic) bond motifs is 1. The van der Waals surface area contributed by atoms with Gasteiger partial charge in [0.2, 0.25) is 5.95 Å². The number of aliphatic hydroxyl groups is 1. The molecule has 1 amide bonds. The van der Waals surface area contributed by atoms with E-state index < -0.39 is 17.7 Å². The van der Waals surface area contributed by atoms with Gasteiger partial charge < -0.3 is 19.6 Å². The lowest BCUT2D eigenvalue weighted by molar-refractivity contribution is -0.132. The highest BCUT2D eigenvalue weighted by Crippen LogP contribution is 2.42. The zero-order valence-electron chi connectivity index (χ0n) is 21.6. The van der Waals surface area contributed by atoms with Crippen LogP contribution in [0.3, 0.4) is 0 Å². The molecule has 1 atom stereocenters. The number of carbonyl (C=O) groups is 2.